The average molecular weight is 443 g/mol. The van der Waals surface area contributed by atoms with Gasteiger partial charge in [-0.25, -0.2) is 4.79 Å². The molecule has 0 aliphatic carbocycles. The SMILES string of the molecule is CC(C)c1ccc(C2C(=O)c3c(cccc3C(=O)O)NC2c2ccc(CN(C)C)cc2)cc1. The number of hydrogen-bond donors (Lipinski definition) is 2. The Morgan fingerprint density at radius 2 is 1.61 bits per heavy atom. The van der Waals surface area contributed by atoms with Crippen LogP contribution in [-0.2, 0) is 6.54 Å². The number of benzene rings is 3. The van der Waals surface area contributed by atoms with Crippen LogP contribution in [0.4, 0.5) is 5.69 Å². The van der Waals surface area contributed by atoms with Crippen molar-refractivity contribution in [3.05, 3.63) is 100 Å². The highest BCUT2D eigenvalue weighted by atomic mass is 16.4. The fourth-order valence-electron chi connectivity index (χ4n) is 4.58. The van der Waals surface area contributed by atoms with Crippen molar-refractivity contribution in [1.29, 1.82) is 0 Å². The summed E-state index contributed by atoms with van der Waals surface area (Å²) >= 11 is 0. The van der Waals surface area contributed by atoms with E-state index < -0.39 is 11.9 Å². The molecule has 170 valence electrons. The van der Waals surface area contributed by atoms with Crippen molar-refractivity contribution in [1.82, 2.24) is 4.90 Å². The Hall–Kier alpha value is -3.44. The fraction of sp³-hybridized carbons (Fsp3) is 0.286. The van der Waals surface area contributed by atoms with Gasteiger partial charge in [-0.1, -0.05) is 68.4 Å². The fourth-order valence-corrected chi connectivity index (χ4v) is 4.58. The van der Waals surface area contributed by atoms with Crippen LogP contribution in [-0.4, -0.2) is 35.9 Å². The number of aromatic carboxylic acids is 1. The third-order valence-electron chi connectivity index (χ3n) is 6.27. The van der Waals surface area contributed by atoms with Crippen LogP contribution in [0.5, 0.6) is 0 Å². The zero-order valence-corrected chi connectivity index (χ0v) is 19.5. The summed E-state index contributed by atoms with van der Waals surface area (Å²) in [6.45, 7) is 5.10. The largest absolute Gasteiger partial charge is 0.478 e. The maximum absolute atomic E-state index is 13.8. The van der Waals surface area contributed by atoms with Crippen LogP contribution in [0.2, 0.25) is 0 Å². The molecule has 2 unspecified atom stereocenters. The molecule has 0 amide bonds. The summed E-state index contributed by atoms with van der Waals surface area (Å²) in [5.74, 6) is -1.40. The van der Waals surface area contributed by atoms with Gasteiger partial charge in [0.25, 0.3) is 0 Å². The van der Waals surface area contributed by atoms with Crippen molar-refractivity contribution < 1.29 is 14.7 Å². The topological polar surface area (TPSA) is 69.6 Å². The van der Waals surface area contributed by atoms with Gasteiger partial charge in [0.1, 0.15) is 0 Å². The Kier molecular flexibility index (Phi) is 6.34. The smallest absolute Gasteiger partial charge is 0.336 e. The molecule has 4 rings (SSSR count). The van der Waals surface area contributed by atoms with Gasteiger partial charge in [0.05, 0.1) is 23.1 Å². The van der Waals surface area contributed by atoms with E-state index in [1.807, 2.05) is 26.2 Å². The summed E-state index contributed by atoms with van der Waals surface area (Å²) in [5, 5.41) is 13.2. The van der Waals surface area contributed by atoms with E-state index in [-0.39, 0.29) is 23.0 Å². The van der Waals surface area contributed by atoms with Gasteiger partial charge in [0.15, 0.2) is 5.78 Å². The summed E-state index contributed by atoms with van der Waals surface area (Å²) in [7, 11) is 4.06. The van der Waals surface area contributed by atoms with Crippen molar-refractivity contribution >= 4 is 17.4 Å². The van der Waals surface area contributed by atoms with Crippen molar-refractivity contribution in [2.75, 3.05) is 19.4 Å². The number of nitrogens with one attached hydrogen (secondary N) is 1. The molecular formula is C28H30N2O3. The number of nitrogens with zero attached hydrogens (tertiary/aromatic N) is 1. The molecule has 3 aromatic rings. The van der Waals surface area contributed by atoms with Gasteiger partial charge >= 0.3 is 5.97 Å². The third-order valence-corrected chi connectivity index (χ3v) is 6.27. The zero-order chi connectivity index (χ0) is 23.7. The number of carboxylic acids is 1. The number of Topliss-reactive ketones (excluding diaryl/α,β-unsaturated/α-hetero) is 1. The van der Waals surface area contributed by atoms with Gasteiger partial charge < -0.3 is 15.3 Å². The molecule has 2 N–H and O–H groups in total. The van der Waals surface area contributed by atoms with E-state index >= 15 is 0 Å². The number of carbonyl (C=O) groups is 2. The van der Waals surface area contributed by atoms with Crippen LogP contribution in [0, 0.1) is 0 Å². The summed E-state index contributed by atoms with van der Waals surface area (Å²) in [5.41, 5.74) is 5.12. The molecule has 0 spiro atoms. The van der Waals surface area contributed by atoms with E-state index in [1.165, 1.54) is 17.2 Å². The van der Waals surface area contributed by atoms with Crippen molar-refractivity contribution in [3.8, 4) is 0 Å². The van der Waals surface area contributed by atoms with Crippen molar-refractivity contribution in [2.24, 2.45) is 0 Å². The summed E-state index contributed by atoms with van der Waals surface area (Å²) < 4.78 is 0. The number of carboxylic acid groups (broad SMARTS) is 1. The van der Waals surface area contributed by atoms with Crippen molar-refractivity contribution in [3.63, 3.8) is 0 Å². The molecule has 0 aromatic heterocycles. The molecule has 0 saturated carbocycles. The van der Waals surface area contributed by atoms with Gasteiger partial charge in [-0.2, -0.15) is 0 Å². The average Bonchev–Trinajstić information content (AvgIpc) is 2.78. The van der Waals surface area contributed by atoms with Crippen LogP contribution in [0.1, 0.15) is 74.7 Å². The summed E-state index contributed by atoms with van der Waals surface area (Å²) in [6, 6.07) is 21.1. The Morgan fingerprint density at radius 1 is 0.970 bits per heavy atom. The molecule has 1 heterocycles. The minimum absolute atomic E-state index is 0.0357. The predicted octanol–water partition coefficient (Wildman–Crippen LogP) is 5.70. The lowest BCUT2D eigenvalue weighted by atomic mass is 9.77. The lowest BCUT2D eigenvalue weighted by Crippen LogP contribution is -2.33. The number of fused-ring (bicyclic) bond motifs is 1. The number of rotatable bonds is 6. The summed E-state index contributed by atoms with van der Waals surface area (Å²) in [4.78, 5) is 27.8. The molecule has 0 saturated heterocycles. The quantitative estimate of drug-likeness (QED) is 0.512. The molecule has 0 bridgehead atoms. The summed E-state index contributed by atoms with van der Waals surface area (Å²) in [6.07, 6.45) is 0. The third kappa shape index (κ3) is 4.55. The van der Waals surface area contributed by atoms with Crippen LogP contribution < -0.4 is 5.32 Å². The normalized spacial score (nSPS) is 17.7. The molecule has 3 aromatic carbocycles. The van der Waals surface area contributed by atoms with Gasteiger partial charge in [-0.15, -0.1) is 0 Å². The lowest BCUT2D eigenvalue weighted by Gasteiger charge is -2.35. The Morgan fingerprint density at radius 3 is 2.18 bits per heavy atom. The standard InChI is InChI=1S/C28H30N2O3/c1-17(2)19-12-14-20(15-13-19)24-26(21-10-8-18(9-11-21)16-30(3)4)29-23-7-5-6-22(28(32)33)25(23)27(24)31/h5-15,17,24,26,29H,16H2,1-4H3,(H,32,33). The molecule has 2 atom stereocenters. The van der Waals surface area contributed by atoms with E-state index in [9.17, 15) is 14.7 Å². The van der Waals surface area contributed by atoms with Crippen LogP contribution >= 0.6 is 0 Å². The number of ketones is 1. The first-order valence-corrected chi connectivity index (χ1v) is 11.3. The minimum Gasteiger partial charge on any atom is -0.478 e. The van der Waals surface area contributed by atoms with E-state index in [0.29, 0.717) is 11.6 Å². The zero-order valence-electron chi connectivity index (χ0n) is 19.5. The Bertz CT molecular complexity index is 1160. The number of hydrogen-bond acceptors (Lipinski definition) is 4. The molecule has 1 aliphatic rings. The minimum atomic E-state index is -1.10. The molecule has 1 aliphatic heterocycles. The van der Waals surface area contributed by atoms with Gasteiger partial charge in [-0.05, 0) is 54.4 Å². The second kappa shape index (κ2) is 9.20. The van der Waals surface area contributed by atoms with E-state index in [4.69, 9.17) is 0 Å². The number of anilines is 1. The lowest BCUT2D eigenvalue weighted by molar-refractivity contribution is 0.0690. The first kappa shape index (κ1) is 22.7. The Balaban J connectivity index is 1.81. The van der Waals surface area contributed by atoms with Crippen LogP contribution in [0.15, 0.2) is 66.7 Å². The van der Waals surface area contributed by atoms with Crippen LogP contribution in [0.25, 0.3) is 0 Å². The van der Waals surface area contributed by atoms with E-state index in [1.54, 1.807) is 12.1 Å². The highest BCUT2D eigenvalue weighted by Crippen LogP contribution is 2.43. The maximum atomic E-state index is 13.8. The molecule has 5 heteroatoms. The first-order chi connectivity index (χ1) is 15.8. The maximum Gasteiger partial charge on any atom is 0.336 e. The predicted molar refractivity (Wildman–Crippen MR) is 131 cm³/mol. The highest BCUT2D eigenvalue weighted by molar-refractivity contribution is 6.14. The van der Waals surface area contributed by atoms with E-state index in [2.05, 4.69) is 60.5 Å². The monoisotopic (exact) mass is 442 g/mol. The Labute approximate surface area is 195 Å². The molecule has 5 nitrogen and oxygen atoms in total. The number of carbonyl (C=O) groups excluding carboxylic acids is 1. The second-order valence-electron chi connectivity index (χ2n) is 9.30. The molecule has 0 fully saturated rings. The highest BCUT2D eigenvalue weighted by Gasteiger charge is 2.39. The van der Waals surface area contributed by atoms with Crippen LogP contribution in [0.3, 0.4) is 0 Å². The van der Waals surface area contributed by atoms with Gasteiger partial charge in [0.2, 0.25) is 0 Å². The van der Waals surface area contributed by atoms with Crippen molar-refractivity contribution in [2.45, 2.75) is 38.3 Å². The van der Waals surface area contributed by atoms with E-state index in [0.717, 1.165) is 17.7 Å². The second-order valence-corrected chi connectivity index (χ2v) is 9.30. The molecule has 0 radical (unpaired) electrons. The van der Waals surface area contributed by atoms with Gasteiger partial charge in [-0.3, -0.25) is 4.79 Å². The van der Waals surface area contributed by atoms with Gasteiger partial charge in [0, 0.05) is 12.2 Å². The molecule has 33 heavy (non-hydrogen) atoms. The molecular weight excluding hydrogens is 412 g/mol. The first-order valence-electron chi connectivity index (χ1n) is 11.3.